The second-order valence-corrected chi connectivity index (χ2v) is 6.52. The summed E-state index contributed by atoms with van der Waals surface area (Å²) >= 11 is 0. The summed E-state index contributed by atoms with van der Waals surface area (Å²) < 4.78 is 27.5. The van der Waals surface area contributed by atoms with Crippen molar-refractivity contribution in [1.82, 2.24) is 19.3 Å². The molecule has 0 amide bonds. The molecule has 0 aliphatic rings. The highest BCUT2D eigenvalue weighted by Crippen LogP contribution is 2.12. The van der Waals surface area contributed by atoms with E-state index in [1.54, 1.807) is 0 Å². The number of pyridine rings is 1. The predicted octanol–water partition coefficient (Wildman–Crippen LogP) is -1.24. The maximum atomic E-state index is 12.1. The molecular formula is C12H14N4O6S. The number of sulfonamides is 1. The molecule has 3 N–H and O–H groups in total. The SMILES string of the molecule is Cn1c(=O)[nH]c(=O)c2cc(S(=O)(=O)NCCCC(=O)O)cnc21. The van der Waals surface area contributed by atoms with Crippen molar-refractivity contribution >= 4 is 27.0 Å². The Balaban J connectivity index is 2.35. The van der Waals surface area contributed by atoms with Crippen molar-refractivity contribution in [2.24, 2.45) is 7.05 Å². The molecule has 124 valence electrons. The van der Waals surface area contributed by atoms with Crippen molar-refractivity contribution in [3.8, 4) is 0 Å². The van der Waals surface area contributed by atoms with E-state index in [2.05, 4.69) is 14.7 Å². The molecule has 0 aliphatic heterocycles. The first-order valence-electron chi connectivity index (χ1n) is 6.53. The molecule has 10 nitrogen and oxygen atoms in total. The number of nitrogens with zero attached hydrogens (tertiary/aromatic N) is 2. The molecule has 0 aliphatic carbocycles. The zero-order chi connectivity index (χ0) is 17.2. The van der Waals surface area contributed by atoms with E-state index < -0.39 is 27.2 Å². The van der Waals surface area contributed by atoms with Crippen LogP contribution in [0.15, 0.2) is 26.7 Å². The Morgan fingerprint density at radius 1 is 1.43 bits per heavy atom. The monoisotopic (exact) mass is 342 g/mol. The number of aromatic nitrogens is 3. The second kappa shape index (κ2) is 6.30. The van der Waals surface area contributed by atoms with Crippen molar-refractivity contribution in [2.75, 3.05) is 6.54 Å². The molecule has 0 saturated heterocycles. The third kappa shape index (κ3) is 3.63. The van der Waals surface area contributed by atoms with Crippen molar-refractivity contribution < 1.29 is 18.3 Å². The number of aromatic amines is 1. The molecule has 2 heterocycles. The Bertz CT molecular complexity index is 975. The number of hydrogen-bond acceptors (Lipinski definition) is 6. The number of rotatable bonds is 6. The third-order valence-electron chi connectivity index (χ3n) is 3.10. The van der Waals surface area contributed by atoms with Crippen molar-refractivity contribution in [1.29, 1.82) is 0 Å². The van der Waals surface area contributed by atoms with Gasteiger partial charge in [-0.25, -0.2) is 22.9 Å². The smallest absolute Gasteiger partial charge is 0.329 e. The van der Waals surface area contributed by atoms with Gasteiger partial charge >= 0.3 is 11.7 Å². The maximum Gasteiger partial charge on any atom is 0.329 e. The Labute approximate surface area is 129 Å². The lowest BCUT2D eigenvalue weighted by molar-refractivity contribution is -0.137. The number of fused-ring (bicyclic) bond motifs is 1. The largest absolute Gasteiger partial charge is 0.481 e. The average Bonchev–Trinajstić information content (AvgIpc) is 2.48. The van der Waals surface area contributed by atoms with Crippen molar-refractivity contribution in [3.05, 3.63) is 33.1 Å². The maximum absolute atomic E-state index is 12.1. The molecule has 11 heteroatoms. The van der Waals surface area contributed by atoms with Crippen LogP contribution in [-0.2, 0) is 21.9 Å². The van der Waals surface area contributed by atoms with Crippen molar-refractivity contribution in [2.45, 2.75) is 17.7 Å². The van der Waals surface area contributed by atoms with Gasteiger partial charge < -0.3 is 5.11 Å². The van der Waals surface area contributed by atoms with E-state index in [-0.39, 0.29) is 35.3 Å². The van der Waals surface area contributed by atoms with Crippen LogP contribution < -0.4 is 16.0 Å². The van der Waals surface area contributed by atoms with Crippen LogP contribution >= 0.6 is 0 Å². The van der Waals surface area contributed by atoms with Crippen LogP contribution in [0.3, 0.4) is 0 Å². The van der Waals surface area contributed by atoms with E-state index in [9.17, 15) is 22.8 Å². The van der Waals surface area contributed by atoms with E-state index >= 15 is 0 Å². The van der Waals surface area contributed by atoms with Crippen molar-refractivity contribution in [3.63, 3.8) is 0 Å². The molecule has 2 rings (SSSR count). The fourth-order valence-electron chi connectivity index (χ4n) is 1.89. The summed E-state index contributed by atoms with van der Waals surface area (Å²) in [6.07, 6.45) is 0.992. The van der Waals surface area contributed by atoms with Gasteiger partial charge in [0.15, 0.2) is 0 Å². The van der Waals surface area contributed by atoms with Gasteiger partial charge in [0, 0.05) is 26.2 Å². The van der Waals surface area contributed by atoms with Gasteiger partial charge in [0.1, 0.15) is 10.5 Å². The molecule has 0 aromatic carbocycles. The third-order valence-corrected chi connectivity index (χ3v) is 4.53. The predicted molar refractivity (Wildman–Crippen MR) is 79.7 cm³/mol. The number of carboxylic acids is 1. The molecule has 23 heavy (non-hydrogen) atoms. The van der Waals surface area contributed by atoms with Gasteiger partial charge in [0.05, 0.1) is 5.39 Å². The Kier molecular flexibility index (Phi) is 4.61. The summed E-state index contributed by atoms with van der Waals surface area (Å²) in [7, 11) is -2.54. The number of nitrogens with one attached hydrogen (secondary N) is 2. The summed E-state index contributed by atoms with van der Waals surface area (Å²) in [5, 5.41) is 8.46. The molecule has 0 atom stereocenters. The van der Waals surface area contributed by atoms with E-state index in [0.717, 1.165) is 16.8 Å². The first-order chi connectivity index (χ1) is 10.7. The lowest BCUT2D eigenvalue weighted by Crippen LogP contribution is -2.30. The highest BCUT2D eigenvalue weighted by atomic mass is 32.2. The standard InChI is InChI=1S/C12H14N4O6S/c1-16-10-8(11(19)15-12(16)20)5-7(6-13-10)23(21,22)14-4-2-3-9(17)18/h5-6,14H,2-4H2,1H3,(H,17,18)(H,15,19,20). The molecule has 0 saturated carbocycles. The fraction of sp³-hybridized carbons (Fsp3) is 0.333. The van der Waals surface area contributed by atoms with Crippen LogP contribution in [0.4, 0.5) is 0 Å². The zero-order valence-corrected chi connectivity index (χ0v) is 12.9. The summed E-state index contributed by atoms with van der Waals surface area (Å²) in [4.78, 5) is 39.3. The van der Waals surface area contributed by atoms with E-state index in [0.29, 0.717) is 0 Å². The molecular weight excluding hydrogens is 328 g/mol. The van der Waals surface area contributed by atoms with Gasteiger partial charge in [-0.05, 0) is 12.5 Å². The summed E-state index contributed by atoms with van der Waals surface area (Å²) in [5.41, 5.74) is -1.33. The zero-order valence-electron chi connectivity index (χ0n) is 12.1. The summed E-state index contributed by atoms with van der Waals surface area (Å²) in [5.74, 6) is -1.02. The fourth-order valence-corrected chi connectivity index (χ4v) is 2.94. The summed E-state index contributed by atoms with van der Waals surface area (Å²) in [6, 6.07) is 1.11. The Morgan fingerprint density at radius 3 is 2.78 bits per heavy atom. The molecule has 2 aromatic heterocycles. The first-order valence-corrected chi connectivity index (χ1v) is 8.01. The van der Waals surface area contributed by atoms with Crippen LogP contribution in [0.2, 0.25) is 0 Å². The second-order valence-electron chi connectivity index (χ2n) is 4.76. The Morgan fingerprint density at radius 2 is 2.13 bits per heavy atom. The van der Waals surface area contributed by atoms with Gasteiger partial charge in [-0.1, -0.05) is 0 Å². The summed E-state index contributed by atoms with van der Waals surface area (Å²) in [6.45, 7) is -0.0592. The number of hydrogen-bond donors (Lipinski definition) is 3. The Hall–Kier alpha value is -2.53. The van der Waals surface area contributed by atoms with E-state index in [1.807, 2.05) is 0 Å². The van der Waals surface area contributed by atoms with Gasteiger partial charge in [-0.3, -0.25) is 19.1 Å². The minimum Gasteiger partial charge on any atom is -0.481 e. The van der Waals surface area contributed by atoms with Gasteiger partial charge in [0.25, 0.3) is 5.56 Å². The molecule has 0 unspecified atom stereocenters. The lowest BCUT2D eigenvalue weighted by Gasteiger charge is -2.07. The van der Waals surface area contributed by atoms with Crippen LogP contribution in [0.25, 0.3) is 11.0 Å². The van der Waals surface area contributed by atoms with Gasteiger partial charge in [0.2, 0.25) is 10.0 Å². The minimum absolute atomic E-state index is 0.0412. The van der Waals surface area contributed by atoms with Crippen LogP contribution in [-0.4, -0.2) is 40.6 Å². The van der Waals surface area contributed by atoms with Gasteiger partial charge in [-0.15, -0.1) is 0 Å². The minimum atomic E-state index is -3.94. The van der Waals surface area contributed by atoms with E-state index in [4.69, 9.17) is 5.11 Å². The van der Waals surface area contributed by atoms with Crippen LogP contribution in [0, 0.1) is 0 Å². The van der Waals surface area contributed by atoms with Gasteiger partial charge in [-0.2, -0.15) is 0 Å². The van der Waals surface area contributed by atoms with Crippen LogP contribution in [0.5, 0.6) is 0 Å². The molecule has 0 fully saturated rings. The topological polar surface area (TPSA) is 151 Å². The number of H-pyrrole nitrogens is 1. The molecule has 0 spiro atoms. The normalized spacial score (nSPS) is 11.7. The highest BCUT2D eigenvalue weighted by Gasteiger charge is 2.17. The van der Waals surface area contributed by atoms with E-state index in [1.165, 1.54) is 7.05 Å². The average molecular weight is 342 g/mol. The first kappa shape index (κ1) is 16.8. The quantitative estimate of drug-likeness (QED) is 0.556. The highest BCUT2D eigenvalue weighted by molar-refractivity contribution is 7.89. The van der Waals surface area contributed by atoms with Crippen LogP contribution in [0.1, 0.15) is 12.8 Å². The number of aliphatic carboxylic acids is 1. The number of carbonyl (C=O) groups is 1. The molecule has 0 radical (unpaired) electrons. The number of carboxylic acid groups (broad SMARTS) is 1. The number of aryl methyl sites for hydroxylation is 1. The molecule has 0 bridgehead atoms. The molecule has 2 aromatic rings. The lowest BCUT2D eigenvalue weighted by atomic mass is 10.3.